The molecule has 0 radical (unpaired) electrons. The zero-order valence-electron chi connectivity index (χ0n) is 44.7. The SMILES string of the molecule is c1ccc(-c2cccc(N(c3ccccc3)c3ccc4c(c3)c3cccc5c6c(-c7ccccc7)c7c(c(-c8ccccc8)c6n4c35)c3cccc4c5cc(N(c6ccccc6)c6cccc(-c8ccccc8)c6)ccc5n7c43)c2)cc1. The van der Waals surface area contributed by atoms with Crippen LogP contribution in [0.25, 0.3) is 121 Å². The number of anilines is 6. The van der Waals surface area contributed by atoms with Gasteiger partial charge in [-0.3, -0.25) is 0 Å². The molecule has 0 N–H and O–H groups in total. The van der Waals surface area contributed by atoms with E-state index in [0.717, 1.165) is 34.1 Å². The number of hydrogen-bond donors (Lipinski definition) is 0. The lowest BCUT2D eigenvalue weighted by Gasteiger charge is -2.26. The van der Waals surface area contributed by atoms with E-state index in [-0.39, 0.29) is 0 Å². The van der Waals surface area contributed by atoms with E-state index < -0.39 is 0 Å². The fourth-order valence-corrected chi connectivity index (χ4v) is 13.7. The van der Waals surface area contributed by atoms with Crippen molar-refractivity contribution in [3.63, 3.8) is 0 Å². The first-order valence-electron chi connectivity index (χ1n) is 28.3. The summed E-state index contributed by atoms with van der Waals surface area (Å²) in [5.74, 6) is 0. The molecule has 0 fully saturated rings. The predicted octanol–water partition coefficient (Wildman–Crippen LogP) is 21.6. The van der Waals surface area contributed by atoms with Crippen LogP contribution in [0.15, 0.2) is 303 Å². The van der Waals surface area contributed by atoms with Gasteiger partial charge in [0.25, 0.3) is 0 Å². The topological polar surface area (TPSA) is 15.3 Å². The van der Waals surface area contributed by atoms with E-state index in [0.29, 0.717) is 0 Å². The van der Waals surface area contributed by atoms with Crippen molar-refractivity contribution in [2.45, 2.75) is 0 Å². The van der Waals surface area contributed by atoms with Crippen LogP contribution in [0.2, 0.25) is 0 Å². The second-order valence-electron chi connectivity index (χ2n) is 21.6. The monoisotopic (exact) mass is 1040 g/mol. The fraction of sp³-hybridized carbons (Fsp3) is 0. The van der Waals surface area contributed by atoms with Crippen molar-refractivity contribution in [3.05, 3.63) is 303 Å². The first-order valence-corrected chi connectivity index (χ1v) is 28.3. The highest BCUT2D eigenvalue weighted by atomic mass is 15.1. The standard InChI is InChI=1S/C78H50N4/c1-7-23-51(24-8-1)55-31-19-37-59(47-55)79(57-33-15-5-16-34-57)61-43-45-69-67(49-61)63-39-21-41-65-73-72(54-29-13-4-14-30-54)78-74(71(53-27-11-3-12-28-53)77(73)81(69)75(63)65)66-42-22-40-64-68-50-62(44-46-70(68)82(78)76(64)66)80(58-35-17-6-18-36-58)60-38-20-32-56(48-60)52-25-9-2-10-26-52/h1-50H. The van der Waals surface area contributed by atoms with E-state index in [4.69, 9.17) is 0 Å². The molecule has 4 heteroatoms. The lowest BCUT2D eigenvalue weighted by Crippen LogP contribution is -2.09. The molecule has 17 aromatic rings. The summed E-state index contributed by atoms with van der Waals surface area (Å²) < 4.78 is 5.22. The Morgan fingerprint density at radius 1 is 0.195 bits per heavy atom. The summed E-state index contributed by atoms with van der Waals surface area (Å²) in [6, 6.07) is 111. The Morgan fingerprint density at radius 2 is 0.500 bits per heavy atom. The quantitative estimate of drug-likeness (QED) is 0.136. The smallest absolute Gasteiger partial charge is 0.0634 e. The molecule has 0 spiro atoms. The highest BCUT2D eigenvalue weighted by Gasteiger charge is 2.31. The average Bonchev–Trinajstić information content (AvgIpc) is 1.79. The minimum absolute atomic E-state index is 1.10. The Kier molecular flexibility index (Phi) is 10.3. The van der Waals surface area contributed by atoms with Crippen LogP contribution < -0.4 is 9.80 Å². The number of rotatable bonds is 10. The van der Waals surface area contributed by atoms with Gasteiger partial charge in [-0.25, -0.2) is 0 Å². The molecular weight excluding hydrogens is 993 g/mol. The molecule has 13 aromatic carbocycles. The van der Waals surface area contributed by atoms with Gasteiger partial charge in [-0.05, 0) is 118 Å². The molecule has 4 aromatic heterocycles. The van der Waals surface area contributed by atoms with Crippen LogP contribution in [-0.4, -0.2) is 8.80 Å². The summed E-state index contributed by atoms with van der Waals surface area (Å²) in [5.41, 5.74) is 23.5. The molecular formula is C78H50N4. The van der Waals surface area contributed by atoms with Gasteiger partial charge in [-0.1, -0.05) is 218 Å². The third kappa shape index (κ3) is 6.92. The van der Waals surface area contributed by atoms with Gasteiger partial charge in [-0.15, -0.1) is 0 Å². The van der Waals surface area contributed by atoms with E-state index in [9.17, 15) is 0 Å². The van der Waals surface area contributed by atoms with Crippen LogP contribution in [0.5, 0.6) is 0 Å². The van der Waals surface area contributed by atoms with Crippen molar-refractivity contribution in [1.82, 2.24) is 8.80 Å². The van der Waals surface area contributed by atoms with Crippen molar-refractivity contribution in [2.24, 2.45) is 0 Å². The molecule has 0 amide bonds. The van der Waals surface area contributed by atoms with Crippen LogP contribution in [0.4, 0.5) is 34.1 Å². The highest BCUT2D eigenvalue weighted by molar-refractivity contribution is 6.38. The molecule has 4 heterocycles. The molecule has 0 atom stereocenters. The first-order chi connectivity index (χ1) is 40.7. The minimum Gasteiger partial charge on any atom is -0.310 e. The van der Waals surface area contributed by atoms with Gasteiger partial charge in [0.1, 0.15) is 0 Å². The zero-order chi connectivity index (χ0) is 53.8. The molecule has 0 saturated heterocycles. The number of fused-ring (bicyclic) bond motifs is 12. The Labute approximate surface area is 474 Å². The molecule has 0 unspecified atom stereocenters. The molecule has 17 rings (SSSR count). The summed E-state index contributed by atoms with van der Waals surface area (Å²) in [6.45, 7) is 0. The minimum atomic E-state index is 1.10. The number of benzene rings is 13. The first kappa shape index (κ1) is 46.0. The lowest BCUT2D eigenvalue weighted by molar-refractivity contribution is 1.28. The maximum absolute atomic E-state index is 2.61. The second-order valence-corrected chi connectivity index (χ2v) is 21.6. The molecule has 0 aliphatic carbocycles. The average molecular weight is 1040 g/mol. The van der Waals surface area contributed by atoms with Crippen LogP contribution in [0.3, 0.4) is 0 Å². The Balaban J connectivity index is 0.952. The predicted molar refractivity (Wildman–Crippen MR) is 347 cm³/mol. The maximum Gasteiger partial charge on any atom is 0.0634 e. The summed E-state index contributed by atoms with van der Waals surface area (Å²) in [4.78, 5) is 4.80. The third-order valence-corrected chi connectivity index (χ3v) is 17.1. The lowest BCUT2D eigenvalue weighted by atomic mass is 9.89. The normalized spacial score (nSPS) is 11.9. The third-order valence-electron chi connectivity index (χ3n) is 17.1. The summed E-state index contributed by atoms with van der Waals surface area (Å²) in [7, 11) is 0. The van der Waals surface area contributed by atoms with E-state index in [1.807, 2.05) is 0 Å². The van der Waals surface area contributed by atoms with Crippen molar-refractivity contribution in [2.75, 3.05) is 9.80 Å². The molecule has 0 aliphatic heterocycles. The van der Waals surface area contributed by atoms with Crippen molar-refractivity contribution >= 4 is 110 Å². The highest BCUT2D eigenvalue weighted by Crippen LogP contribution is 2.55. The van der Waals surface area contributed by atoms with Crippen LogP contribution in [0, 0.1) is 0 Å². The Hall–Kier alpha value is -10.9. The molecule has 0 aliphatic rings. The summed E-state index contributed by atoms with van der Waals surface area (Å²) >= 11 is 0. The zero-order valence-corrected chi connectivity index (χ0v) is 44.7. The molecule has 382 valence electrons. The second kappa shape index (κ2) is 18.3. The fourth-order valence-electron chi connectivity index (χ4n) is 13.7. The van der Waals surface area contributed by atoms with Crippen molar-refractivity contribution in [1.29, 1.82) is 0 Å². The Morgan fingerprint density at radius 3 is 0.890 bits per heavy atom. The number of para-hydroxylation sites is 4. The maximum atomic E-state index is 2.61. The van der Waals surface area contributed by atoms with E-state index in [2.05, 4.69) is 322 Å². The molecule has 4 nitrogen and oxygen atoms in total. The van der Waals surface area contributed by atoms with Gasteiger partial charge in [0.05, 0.1) is 33.1 Å². The van der Waals surface area contributed by atoms with Gasteiger partial charge in [0.15, 0.2) is 0 Å². The van der Waals surface area contributed by atoms with Gasteiger partial charge in [0, 0.05) is 88.3 Å². The molecule has 0 saturated carbocycles. The number of nitrogens with zero attached hydrogens (tertiary/aromatic N) is 4. The molecule has 82 heavy (non-hydrogen) atoms. The van der Waals surface area contributed by atoms with Gasteiger partial charge in [0.2, 0.25) is 0 Å². The number of hydrogen-bond acceptors (Lipinski definition) is 2. The van der Waals surface area contributed by atoms with E-state index >= 15 is 0 Å². The van der Waals surface area contributed by atoms with Crippen molar-refractivity contribution < 1.29 is 0 Å². The van der Waals surface area contributed by atoms with E-state index in [1.165, 1.54) is 121 Å². The van der Waals surface area contributed by atoms with Crippen LogP contribution >= 0.6 is 0 Å². The largest absolute Gasteiger partial charge is 0.310 e. The number of aromatic nitrogens is 2. The van der Waals surface area contributed by atoms with Gasteiger partial charge < -0.3 is 18.6 Å². The van der Waals surface area contributed by atoms with E-state index in [1.54, 1.807) is 0 Å². The molecule has 0 bridgehead atoms. The van der Waals surface area contributed by atoms with Gasteiger partial charge in [-0.2, -0.15) is 0 Å². The van der Waals surface area contributed by atoms with Crippen LogP contribution in [0.1, 0.15) is 0 Å². The van der Waals surface area contributed by atoms with Gasteiger partial charge >= 0.3 is 0 Å². The Bertz CT molecular complexity index is 4910. The summed E-state index contributed by atoms with van der Waals surface area (Å²) in [5, 5.41) is 9.88. The summed E-state index contributed by atoms with van der Waals surface area (Å²) in [6.07, 6.45) is 0. The van der Waals surface area contributed by atoms with Crippen LogP contribution in [-0.2, 0) is 0 Å². The van der Waals surface area contributed by atoms with Crippen molar-refractivity contribution in [3.8, 4) is 44.5 Å².